The molecule has 3 rings (SSSR count). The monoisotopic (exact) mass is 352 g/mol. The second-order valence-electron chi connectivity index (χ2n) is 6.56. The first-order chi connectivity index (χ1) is 11.5. The first-order valence-electron chi connectivity index (χ1n) is 8.58. The zero-order valence-electron chi connectivity index (χ0n) is 13.9. The minimum absolute atomic E-state index is 0.0827. The highest BCUT2D eigenvalue weighted by Crippen LogP contribution is 2.23. The predicted molar refractivity (Wildman–Crippen MR) is 91.8 cm³/mol. The summed E-state index contributed by atoms with van der Waals surface area (Å²) in [5, 5.41) is 3.02. The number of sulfone groups is 1. The Hall–Kier alpha value is -1.70. The van der Waals surface area contributed by atoms with Crippen LogP contribution in [0.25, 0.3) is 0 Å². The third-order valence-corrected chi connectivity index (χ3v) is 6.61. The quantitative estimate of drug-likeness (QED) is 0.855. The average Bonchev–Trinajstić information content (AvgIpc) is 3.18. The molecule has 0 aromatic carbocycles. The van der Waals surface area contributed by atoms with Crippen molar-refractivity contribution in [3.63, 3.8) is 0 Å². The molecule has 7 nitrogen and oxygen atoms in total. The van der Waals surface area contributed by atoms with E-state index < -0.39 is 9.84 Å². The van der Waals surface area contributed by atoms with Gasteiger partial charge in [0, 0.05) is 24.7 Å². The summed E-state index contributed by atoms with van der Waals surface area (Å²) in [6.45, 7) is 2.60. The molecule has 2 heterocycles. The van der Waals surface area contributed by atoms with Crippen molar-refractivity contribution < 1.29 is 13.2 Å². The maximum Gasteiger partial charge on any atom is 0.270 e. The fourth-order valence-corrected chi connectivity index (χ4v) is 5.32. The van der Waals surface area contributed by atoms with E-state index in [4.69, 9.17) is 0 Å². The van der Waals surface area contributed by atoms with Crippen LogP contribution in [0.15, 0.2) is 12.4 Å². The molecule has 1 aromatic heterocycles. The molecule has 2 aliphatic rings. The van der Waals surface area contributed by atoms with Crippen LogP contribution < -0.4 is 10.2 Å². The van der Waals surface area contributed by atoms with E-state index in [0.29, 0.717) is 24.5 Å². The molecule has 1 amide bonds. The van der Waals surface area contributed by atoms with Gasteiger partial charge in [0.1, 0.15) is 17.8 Å². The van der Waals surface area contributed by atoms with Gasteiger partial charge in [0.25, 0.3) is 5.91 Å². The Bertz CT molecular complexity index is 701. The molecule has 2 fully saturated rings. The molecule has 0 bridgehead atoms. The van der Waals surface area contributed by atoms with Crippen LogP contribution in [0, 0.1) is 0 Å². The maximum absolute atomic E-state index is 12.4. The van der Waals surface area contributed by atoms with Crippen molar-refractivity contribution >= 4 is 21.6 Å². The number of anilines is 1. The minimum atomic E-state index is -2.97. The van der Waals surface area contributed by atoms with Gasteiger partial charge >= 0.3 is 0 Å². The highest BCUT2D eigenvalue weighted by atomic mass is 32.2. The van der Waals surface area contributed by atoms with Gasteiger partial charge in [-0.1, -0.05) is 12.8 Å². The molecule has 0 spiro atoms. The van der Waals surface area contributed by atoms with E-state index in [-0.39, 0.29) is 29.5 Å². The summed E-state index contributed by atoms with van der Waals surface area (Å²) in [6, 6.07) is 1.82. The molecule has 1 saturated carbocycles. The molecule has 1 aliphatic carbocycles. The van der Waals surface area contributed by atoms with E-state index in [0.717, 1.165) is 25.7 Å². The highest BCUT2D eigenvalue weighted by Gasteiger charge is 2.32. The number of nitrogens with one attached hydrogen (secondary N) is 1. The lowest BCUT2D eigenvalue weighted by atomic mass is 10.2. The Balaban J connectivity index is 1.74. The highest BCUT2D eigenvalue weighted by molar-refractivity contribution is 7.91. The molecule has 1 atom stereocenters. The second kappa shape index (κ2) is 7.04. The summed E-state index contributed by atoms with van der Waals surface area (Å²) in [7, 11) is -2.97. The van der Waals surface area contributed by atoms with Crippen molar-refractivity contribution in [3.8, 4) is 0 Å². The van der Waals surface area contributed by atoms with E-state index >= 15 is 0 Å². The number of hydrogen-bond acceptors (Lipinski definition) is 6. The van der Waals surface area contributed by atoms with Gasteiger partial charge in [-0.25, -0.2) is 18.4 Å². The number of carbonyl (C=O) groups is 1. The van der Waals surface area contributed by atoms with Crippen molar-refractivity contribution in [2.45, 2.75) is 51.1 Å². The van der Waals surface area contributed by atoms with Crippen molar-refractivity contribution in [3.05, 3.63) is 18.1 Å². The van der Waals surface area contributed by atoms with Crippen molar-refractivity contribution in [1.29, 1.82) is 0 Å². The SMILES string of the molecule is CCN(c1cc(C(=O)NC2CCCC2)ncn1)C1CCS(=O)(=O)C1. The Morgan fingerprint density at radius 1 is 1.29 bits per heavy atom. The number of nitrogens with zero attached hydrogens (tertiary/aromatic N) is 3. The van der Waals surface area contributed by atoms with Gasteiger partial charge in [-0.2, -0.15) is 0 Å². The Morgan fingerprint density at radius 3 is 2.67 bits per heavy atom. The standard InChI is InChI=1S/C16H24N4O3S/c1-2-20(13-7-8-24(22,23)10-13)15-9-14(17-11-18-15)16(21)19-12-5-3-4-6-12/h9,11-13H,2-8,10H2,1H3,(H,19,21). The van der Waals surface area contributed by atoms with Gasteiger partial charge in [-0.15, -0.1) is 0 Å². The summed E-state index contributed by atoms with van der Waals surface area (Å²) in [4.78, 5) is 22.7. The molecule has 8 heteroatoms. The lowest BCUT2D eigenvalue weighted by molar-refractivity contribution is 0.0932. The van der Waals surface area contributed by atoms with E-state index in [9.17, 15) is 13.2 Å². The molecular weight excluding hydrogens is 328 g/mol. The molecule has 1 unspecified atom stereocenters. The maximum atomic E-state index is 12.4. The van der Waals surface area contributed by atoms with Gasteiger partial charge < -0.3 is 10.2 Å². The topological polar surface area (TPSA) is 92.3 Å². The number of rotatable bonds is 5. The summed E-state index contributed by atoms with van der Waals surface area (Å²) < 4.78 is 23.5. The molecule has 24 heavy (non-hydrogen) atoms. The molecular formula is C16H24N4O3S. The molecule has 0 radical (unpaired) electrons. The normalized spacial score (nSPS) is 23.3. The van der Waals surface area contributed by atoms with Crippen LogP contribution >= 0.6 is 0 Å². The fraction of sp³-hybridized carbons (Fsp3) is 0.688. The first-order valence-corrected chi connectivity index (χ1v) is 10.4. The largest absolute Gasteiger partial charge is 0.353 e. The summed E-state index contributed by atoms with van der Waals surface area (Å²) in [6.07, 6.45) is 6.32. The van der Waals surface area contributed by atoms with Crippen LogP contribution in [0.5, 0.6) is 0 Å². The van der Waals surface area contributed by atoms with Crippen LogP contribution in [0.3, 0.4) is 0 Å². The molecule has 132 valence electrons. The first kappa shape index (κ1) is 17.1. The number of aromatic nitrogens is 2. The van der Waals surface area contributed by atoms with E-state index in [1.807, 2.05) is 11.8 Å². The summed E-state index contributed by atoms with van der Waals surface area (Å²) in [5.74, 6) is 0.801. The van der Waals surface area contributed by atoms with Crippen molar-refractivity contribution in [1.82, 2.24) is 15.3 Å². The summed E-state index contributed by atoms with van der Waals surface area (Å²) in [5.41, 5.74) is 0.339. The Labute approximate surface area is 142 Å². The zero-order valence-corrected chi connectivity index (χ0v) is 14.8. The van der Waals surface area contributed by atoms with Gasteiger partial charge in [0.15, 0.2) is 9.84 Å². The van der Waals surface area contributed by atoms with E-state index in [1.165, 1.54) is 6.33 Å². The van der Waals surface area contributed by atoms with Crippen LogP contribution in [0.2, 0.25) is 0 Å². The zero-order chi connectivity index (χ0) is 17.2. The van der Waals surface area contributed by atoms with Gasteiger partial charge in [-0.3, -0.25) is 4.79 Å². The molecule has 1 aliphatic heterocycles. The van der Waals surface area contributed by atoms with Gasteiger partial charge in [0.05, 0.1) is 11.5 Å². The lowest BCUT2D eigenvalue weighted by Crippen LogP contribution is -2.37. The molecule has 1 aromatic rings. The Kier molecular flexibility index (Phi) is 5.03. The number of carbonyl (C=O) groups excluding carboxylic acids is 1. The fourth-order valence-electron chi connectivity index (χ4n) is 3.59. The van der Waals surface area contributed by atoms with Crippen LogP contribution in [-0.4, -0.2) is 54.4 Å². The van der Waals surface area contributed by atoms with Crippen LogP contribution in [0.1, 0.15) is 49.5 Å². The number of amides is 1. The van der Waals surface area contributed by atoms with Crippen molar-refractivity contribution in [2.75, 3.05) is 23.0 Å². The second-order valence-corrected chi connectivity index (χ2v) is 8.79. The van der Waals surface area contributed by atoms with Gasteiger partial charge in [-0.05, 0) is 26.2 Å². The number of hydrogen-bond donors (Lipinski definition) is 1. The summed E-state index contributed by atoms with van der Waals surface area (Å²) >= 11 is 0. The van der Waals surface area contributed by atoms with Crippen LogP contribution in [-0.2, 0) is 9.84 Å². The molecule has 1 saturated heterocycles. The smallest absolute Gasteiger partial charge is 0.270 e. The predicted octanol–water partition coefficient (Wildman–Crippen LogP) is 1.16. The van der Waals surface area contributed by atoms with E-state index in [2.05, 4.69) is 15.3 Å². The van der Waals surface area contributed by atoms with E-state index in [1.54, 1.807) is 6.07 Å². The van der Waals surface area contributed by atoms with Crippen LogP contribution in [0.4, 0.5) is 5.82 Å². The third kappa shape index (κ3) is 3.85. The Morgan fingerprint density at radius 2 is 2.04 bits per heavy atom. The minimum Gasteiger partial charge on any atom is -0.353 e. The third-order valence-electron chi connectivity index (χ3n) is 4.86. The lowest BCUT2D eigenvalue weighted by Gasteiger charge is -2.28. The van der Waals surface area contributed by atoms with Crippen molar-refractivity contribution in [2.24, 2.45) is 0 Å². The van der Waals surface area contributed by atoms with Gasteiger partial charge in [0.2, 0.25) is 0 Å². The molecule has 1 N–H and O–H groups in total. The average molecular weight is 352 g/mol.